The highest BCUT2D eigenvalue weighted by Gasteiger charge is 2.22. The number of nitrogens with zero attached hydrogens (tertiary/aromatic N) is 2. The molecule has 0 spiro atoms. The van der Waals surface area contributed by atoms with E-state index < -0.39 is 6.04 Å². The van der Waals surface area contributed by atoms with E-state index in [-0.39, 0.29) is 17.9 Å². The van der Waals surface area contributed by atoms with Crippen molar-refractivity contribution in [3.05, 3.63) is 48.2 Å². The van der Waals surface area contributed by atoms with E-state index in [1.165, 1.54) is 19.0 Å². The fourth-order valence-electron chi connectivity index (χ4n) is 3.73. The Hall–Kier alpha value is -3.09. The molecule has 0 saturated carbocycles. The van der Waals surface area contributed by atoms with E-state index in [0.29, 0.717) is 17.9 Å². The van der Waals surface area contributed by atoms with Crippen molar-refractivity contribution in [2.75, 3.05) is 23.3 Å². The van der Waals surface area contributed by atoms with E-state index in [0.717, 1.165) is 37.3 Å². The first-order valence-electron chi connectivity index (χ1n) is 11.6. The molecule has 1 aliphatic heterocycles. The quantitative estimate of drug-likeness (QED) is 0.575. The Morgan fingerprint density at radius 1 is 1.16 bits per heavy atom. The maximum absolute atomic E-state index is 13.0. The Bertz CT molecular complexity index is 892. The largest absolute Gasteiger partial charge is 0.475 e. The molecule has 172 valence electrons. The van der Waals surface area contributed by atoms with Crippen molar-refractivity contribution in [2.24, 2.45) is 0 Å². The summed E-state index contributed by atoms with van der Waals surface area (Å²) in [6, 6.07) is 10.6. The lowest BCUT2D eigenvalue weighted by atomic mass is 10.1. The van der Waals surface area contributed by atoms with Gasteiger partial charge < -0.3 is 20.3 Å². The number of amides is 2. The van der Waals surface area contributed by atoms with Gasteiger partial charge in [-0.2, -0.15) is 0 Å². The molecule has 1 atom stereocenters. The summed E-state index contributed by atoms with van der Waals surface area (Å²) >= 11 is 0. The Balaban J connectivity index is 1.65. The van der Waals surface area contributed by atoms with Crippen molar-refractivity contribution in [1.29, 1.82) is 0 Å². The maximum atomic E-state index is 13.0. The van der Waals surface area contributed by atoms with Gasteiger partial charge in [-0.05, 0) is 57.4 Å². The molecule has 2 heterocycles. The Morgan fingerprint density at radius 2 is 1.94 bits per heavy atom. The normalized spacial score (nSPS) is 14.3. The van der Waals surface area contributed by atoms with Gasteiger partial charge in [0.1, 0.15) is 6.04 Å². The van der Waals surface area contributed by atoms with Crippen molar-refractivity contribution in [3.63, 3.8) is 0 Å². The Kier molecular flexibility index (Phi) is 8.48. The third kappa shape index (κ3) is 6.70. The standard InChI is InChI=1S/C25H34N4O3/c1-4-5-11-22(28-24(30)19-12-13-23(26-17-19)32-18(2)3)25(31)27-20-9-8-10-21(16-20)29-14-6-7-15-29/h8-10,12-13,16-18,22H,4-7,11,14-15H2,1-3H3,(H,27,31)(H,28,30). The van der Waals surface area contributed by atoms with Gasteiger partial charge in [-0.15, -0.1) is 0 Å². The number of ether oxygens (including phenoxy) is 1. The second kappa shape index (κ2) is 11.5. The van der Waals surface area contributed by atoms with Crippen LogP contribution in [0.4, 0.5) is 11.4 Å². The van der Waals surface area contributed by atoms with Crippen molar-refractivity contribution in [3.8, 4) is 5.88 Å². The van der Waals surface area contributed by atoms with Crippen molar-refractivity contribution >= 4 is 23.2 Å². The molecule has 0 radical (unpaired) electrons. The van der Waals surface area contributed by atoms with Gasteiger partial charge in [0, 0.05) is 36.7 Å². The number of hydrogen-bond acceptors (Lipinski definition) is 5. The number of aromatic nitrogens is 1. The number of carbonyl (C=O) groups excluding carboxylic acids is 2. The monoisotopic (exact) mass is 438 g/mol. The van der Waals surface area contributed by atoms with Crippen molar-refractivity contribution in [2.45, 2.75) is 65.0 Å². The number of pyridine rings is 1. The summed E-state index contributed by atoms with van der Waals surface area (Å²) in [6.07, 6.45) is 6.22. The van der Waals surface area contributed by atoms with Crippen LogP contribution in [0.2, 0.25) is 0 Å². The minimum absolute atomic E-state index is 0.00766. The lowest BCUT2D eigenvalue weighted by Crippen LogP contribution is -2.43. The minimum Gasteiger partial charge on any atom is -0.475 e. The highest BCUT2D eigenvalue weighted by Crippen LogP contribution is 2.23. The third-order valence-electron chi connectivity index (χ3n) is 5.41. The first kappa shape index (κ1) is 23.6. The van der Waals surface area contributed by atoms with Crippen LogP contribution in [0.15, 0.2) is 42.6 Å². The lowest BCUT2D eigenvalue weighted by molar-refractivity contribution is -0.118. The van der Waals surface area contributed by atoms with Gasteiger partial charge in [-0.3, -0.25) is 9.59 Å². The number of carbonyl (C=O) groups is 2. The van der Waals surface area contributed by atoms with Crippen LogP contribution < -0.4 is 20.3 Å². The number of hydrogen-bond donors (Lipinski definition) is 2. The molecule has 2 aromatic rings. The van der Waals surface area contributed by atoms with Crippen LogP contribution in [-0.2, 0) is 4.79 Å². The number of nitrogens with one attached hydrogen (secondary N) is 2. The lowest BCUT2D eigenvalue weighted by Gasteiger charge is -2.21. The molecule has 1 aliphatic rings. The van der Waals surface area contributed by atoms with Gasteiger partial charge >= 0.3 is 0 Å². The zero-order valence-corrected chi connectivity index (χ0v) is 19.3. The van der Waals surface area contributed by atoms with E-state index in [1.54, 1.807) is 12.1 Å². The van der Waals surface area contributed by atoms with Crippen LogP contribution in [0.1, 0.15) is 63.2 Å². The molecule has 0 bridgehead atoms. The summed E-state index contributed by atoms with van der Waals surface area (Å²) in [5, 5.41) is 5.86. The van der Waals surface area contributed by atoms with Crippen LogP contribution in [0.5, 0.6) is 5.88 Å². The van der Waals surface area contributed by atoms with Gasteiger partial charge in [-0.1, -0.05) is 25.8 Å². The van der Waals surface area contributed by atoms with E-state index >= 15 is 0 Å². The summed E-state index contributed by atoms with van der Waals surface area (Å²) in [6.45, 7) is 7.98. The van der Waals surface area contributed by atoms with E-state index in [2.05, 4.69) is 33.5 Å². The second-order valence-electron chi connectivity index (χ2n) is 8.45. The molecular weight excluding hydrogens is 404 g/mol. The third-order valence-corrected chi connectivity index (χ3v) is 5.41. The van der Waals surface area contributed by atoms with Gasteiger partial charge in [-0.25, -0.2) is 4.98 Å². The number of unbranched alkanes of at least 4 members (excludes halogenated alkanes) is 1. The van der Waals surface area contributed by atoms with Gasteiger partial charge in [0.2, 0.25) is 11.8 Å². The molecule has 1 aromatic heterocycles. The summed E-state index contributed by atoms with van der Waals surface area (Å²) in [5.41, 5.74) is 2.25. The molecule has 1 fully saturated rings. The highest BCUT2D eigenvalue weighted by molar-refractivity contribution is 6.01. The molecule has 1 aromatic carbocycles. The molecular formula is C25H34N4O3. The number of benzene rings is 1. The summed E-state index contributed by atoms with van der Waals surface area (Å²) < 4.78 is 5.52. The van der Waals surface area contributed by atoms with Crippen LogP contribution in [0.25, 0.3) is 0 Å². The van der Waals surface area contributed by atoms with E-state index in [4.69, 9.17) is 4.74 Å². The summed E-state index contributed by atoms with van der Waals surface area (Å²) in [4.78, 5) is 32.3. The Labute approximate surface area is 190 Å². The van der Waals surface area contributed by atoms with Gasteiger partial charge in [0.15, 0.2) is 0 Å². The molecule has 7 heteroatoms. The zero-order chi connectivity index (χ0) is 22.9. The fourth-order valence-corrected chi connectivity index (χ4v) is 3.73. The smallest absolute Gasteiger partial charge is 0.253 e. The van der Waals surface area contributed by atoms with Crippen molar-refractivity contribution in [1.82, 2.24) is 10.3 Å². The fraction of sp³-hybridized carbons (Fsp3) is 0.480. The maximum Gasteiger partial charge on any atom is 0.253 e. The molecule has 1 unspecified atom stereocenters. The molecule has 32 heavy (non-hydrogen) atoms. The molecule has 2 amide bonds. The molecule has 2 N–H and O–H groups in total. The van der Waals surface area contributed by atoms with E-state index in [1.807, 2.05) is 32.0 Å². The second-order valence-corrected chi connectivity index (χ2v) is 8.45. The molecule has 1 saturated heterocycles. The topological polar surface area (TPSA) is 83.6 Å². The van der Waals surface area contributed by atoms with E-state index in [9.17, 15) is 9.59 Å². The molecule has 3 rings (SSSR count). The minimum atomic E-state index is -0.621. The van der Waals surface area contributed by atoms with Crippen LogP contribution in [0, 0.1) is 0 Å². The average molecular weight is 439 g/mol. The highest BCUT2D eigenvalue weighted by atomic mass is 16.5. The molecule has 0 aliphatic carbocycles. The summed E-state index contributed by atoms with van der Waals surface area (Å²) in [5.74, 6) is -0.0662. The molecule has 7 nitrogen and oxygen atoms in total. The SMILES string of the molecule is CCCCC(NC(=O)c1ccc(OC(C)C)nc1)C(=O)Nc1cccc(N2CCCC2)c1. The van der Waals surface area contributed by atoms with Crippen LogP contribution >= 0.6 is 0 Å². The predicted octanol–water partition coefficient (Wildman–Crippen LogP) is 4.40. The number of rotatable bonds is 10. The zero-order valence-electron chi connectivity index (χ0n) is 19.3. The summed E-state index contributed by atoms with van der Waals surface area (Å²) in [7, 11) is 0. The van der Waals surface area contributed by atoms with Crippen LogP contribution in [0.3, 0.4) is 0 Å². The Morgan fingerprint density at radius 3 is 2.59 bits per heavy atom. The first-order valence-corrected chi connectivity index (χ1v) is 11.6. The van der Waals surface area contributed by atoms with Crippen LogP contribution in [-0.4, -0.2) is 42.0 Å². The average Bonchev–Trinajstić information content (AvgIpc) is 3.32. The first-order chi connectivity index (χ1) is 15.5. The van der Waals surface area contributed by atoms with Gasteiger partial charge in [0.05, 0.1) is 11.7 Å². The van der Waals surface area contributed by atoms with Gasteiger partial charge in [0.25, 0.3) is 5.91 Å². The number of anilines is 2. The van der Waals surface area contributed by atoms with Crippen molar-refractivity contribution < 1.29 is 14.3 Å². The predicted molar refractivity (Wildman–Crippen MR) is 127 cm³/mol.